The third-order valence-electron chi connectivity index (χ3n) is 2.03. The van der Waals surface area contributed by atoms with Crippen molar-refractivity contribution in [2.45, 2.75) is 25.7 Å². The zero-order valence-corrected chi connectivity index (χ0v) is 8.36. The molecule has 1 aliphatic carbocycles. The van der Waals surface area contributed by atoms with Gasteiger partial charge < -0.3 is 10.6 Å². The summed E-state index contributed by atoms with van der Waals surface area (Å²) in [6.45, 7) is 0.510. The van der Waals surface area contributed by atoms with E-state index < -0.39 is 0 Å². The number of alkyl halides is 1. The van der Waals surface area contributed by atoms with Crippen LogP contribution in [0.1, 0.15) is 25.7 Å². The van der Waals surface area contributed by atoms with E-state index in [9.17, 15) is 4.79 Å². The van der Waals surface area contributed by atoms with Crippen LogP contribution in [-0.2, 0) is 0 Å². The molecule has 1 fully saturated rings. The van der Waals surface area contributed by atoms with Crippen molar-refractivity contribution in [1.82, 2.24) is 10.6 Å². The Morgan fingerprint density at radius 1 is 1.46 bits per heavy atom. The molecule has 74 valence electrons. The van der Waals surface area contributed by atoms with Crippen LogP contribution in [-0.4, -0.2) is 18.5 Å². The molecule has 1 aliphatic rings. The van der Waals surface area contributed by atoms with E-state index in [1.807, 2.05) is 6.20 Å². The molecule has 13 heavy (non-hydrogen) atoms. The van der Waals surface area contributed by atoms with Crippen LogP contribution >= 0.6 is 11.6 Å². The van der Waals surface area contributed by atoms with Crippen molar-refractivity contribution >= 4 is 17.6 Å². The Morgan fingerprint density at radius 3 is 2.77 bits per heavy atom. The Bertz CT molecular complexity index is 196. The summed E-state index contributed by atoms with van der Waals surface area (Å²) >= 11 is 5.41. The van der Waals surface area contributed by atoms with Crippen LogP contribution in [0.4, 0.5) is 4.79 Å². The van der Waals surface area contributed by atoms with Crippen molar-refractivity contribution in [3.8, 4) is 0 Å². The number of amides is 2. The molecular formula is C9H15ClN2O. The van der Waals surface area contributed by atoms with Gasteiger partial charge in [0.05, 0.1) is 0 Å². The monoisotopic (exact) mass is 202 g/mol. The number of urea groups is 1. The Labute approximate surface area is 83.5 Å². The van der Waals surface area contributed by atoms with Crippen molar-refractivity contribution in [2.75, 3.05) is 12.4 Å². The number of hydrogen-bond acceptors (Lipinski definition) is 1. The predicted molar refractivity (Wildman–Crippen MR) is 53.8 cm³/mol. The molecule has 2 N–H and O–H groups in total. The maximum atomic E-state index is 11.0. The molecule has 0 heterocycles. The summed E-state index contributed by atoms with van der Waals surface area (Å²) in [5.74, 6) is 0.448. The average molecular weight is 203 g/mol. The van der Waals surface area contributed by atoms with Gasteiger partial charge in [0, 0.05) is 18.6 Å². The van der Waals surface area contributed by atoms with Gasteiger partial charge in [0.15, 0.2) is 0 Å². The van der Waals surface area contributed by atoms with Crippen LogP contribution in [0.15, 0.2) is 11.8 Å². The van der Waals surface area contributed by atoms with E-state index in [4.69, 9.17) is 11.6 Å². The maximum Gasteiger partial charge on any atom is 0.318 e. The van der Waals surface area contributed by atoms with Gasteiger partial charge in [-0.05, 0) is 25.7 Å². The van der Waals surface area contributed by atoms with Crippen LogP contribution < -0.4 is 10.6 Å². The van der Waals surface area contributed by atoms with Gasteiger partial charge in [-0.1, -0.05) is 5.57 Å². The molecule has 2 amide bonds. The third kappa shape index (κ3) is 4.18. The van der Waals surface area contributed by atoms with Crippen molar-refractivity contribution in [3.63, 3.8) is 0 Å². The Balaban J connectivity index is 2.16. The largest absolute Gasteiger partial charge is 0.337 e. The highest BCUT2D eigenvalue weighted by molar-refractivity contribution is 6.18. The molecule has 0 aromatic carbocycles. The van der Waals surface area contributed by atoms with E-state index >= 15 is 0 Å². The fourth-order valence-electron chi connectivity index (χ4n) is 1.35. The molecule has 1 rings (SSSR count). The van der Waals surface area contributed by atoms with Gasteiger partial charge in [-0.25, -0.2) is 4.79 Å². The highest BCUT2D eigenvalue weighted by Gasteiger charge is 2.06. The molecule has 0 atom stereocenters. The van der Waals surface area contributed by atoms with Crippen LogP contribution in [0.2, 0.25) is 0 Å². The fraction of sp³-hybridized carbons (Fsp3) is 0.667. The normalized spacial score (nSPS) is 15.6. The first-order chi connectivity index (χ1) is 6.33. The molecular weight excluding hydrogens is 188 g/mol. The molecule has 0 aliphatic heterocycles. The first-order valence-corrected chi connectivity index (χ1v) is 5.14. The number of hydrogen-bond donors (Lipinski definition) is 2. The lowest BCUT2D eigenvalue weighted by Crippen LogP contribution is -2.33. The number of carbonyl (C=O) groups is 1. The Hall–Kier alpha value is -0.700. The minimum atomic E-state index is -0.167. The Morgan fingerprint density at radius 2 is 2.15 bits per heavy atom. The minimum absolute atomic E-state index is 0.167. The van der Waals surface area contributed by atoms with Gasteiger partial charge in [0.2, 0.25) is 0 Å². The standard InChI is InChI=1S/C9H15ClN2O/c10-5-6-11-9(13)12-7-8-3-1-2-4-8/h7H,1-6H2,(H2,11,12,13). The van der Waals surface area contributed by atoms with E-state index in [0.717, 1.165) is 12.8 Å². The van der Waals surface area contributed by atoms with Crippen LogP contribution in [0.25, 0.3) is 0 Å². The molecule has 3 nitrogen and oxygen atoms in total. The summed E-state index contributed by atoms with van der Waals surface area (Å²) in [5, 5.41) is 5.32. The smallest absolute Gasteiger partial charge is 0.318 e. The zero-order valence-electron chi connectivity index (χ0n) is 7.61. The zero-order chi connectivity index (χ0) is 9.52. The second-order valence-electron chi connectivity index (χ2n) is 3.10. The topological polar surface area (TPSA) is 41.1 Å². The van der Waals surface area contributed by atoms with Crippen molar-refractivity contribution in [1.29, 1.82) is 0 Å². The molecule has 0 saturated heterocycles. The van der Waals surface area contributed by atoms with E-state index in [-0.39, 0.29) is 6.03 Å². The van der Waals surface area contributed by atoms with Gasteiger partial charge in [-0.3, -0.25) is 0 Å². The molecule has 1 saturated carbocycles. The lowest BCUT2D eigenvalue weighted by molar-refractivity contribution is 0.244. The first kappa shape index (κ1) is 10.4. The number of rotatable bonds is 3. The van der Waals surface area contributed by atoms with Gasteiger partial charge >= 0.3 is 6.03 Å². The van der Waals surface area contributed by atoms with Gasteiger partial charge in [0.25, 0.3) is 0 Å². The minimum Gasteiger partial charge on any atom is -0.337 e. The highest BCUT2D eigenvalue weighted by Crippen LogP contribution is 2.22. The summed E-state index contributed by atoms with van der Waals surface area (Å²) in [4.78, 5) is 11.0. The number of nitrogens with one attached hydrogen (secondary N) is 2. The molecule has 0 unspecified atom stereocenters. The SMILES string of the molecule is O=C(NC=C1CCCC1)NCCCl. The molecule has 0 bridgehead atoms. The lowest BCUT2D eigenvalue weighted by Gasteiger charge is -2.02. The highest BCUT2D eigenvalue weighted by atomic mass is 35.5. The first-order valence-electron chi connectivity index (χ1n) is 4.61. The van der Waals surface area contributed by atoms with Crippen LogP contribution in [0, 0.1) is 0 Å². The third-order valence-corrected chi connectivity index (χ3v) is 2.22. The molecule has 0 aromatic heterocycles. The number of allylic oxidation sites excluding steroid dienone is 1. The van der Waals surface area contributed by atoms with Crippen molar-refractivity contribution in [3.05, 3.63) is 11.8 Å². The van der Waals surface area contributed by atoms with Crippen LogP contribution in [0.5, 0.6) is 0 Å². The summed E-state index contributed by atoms with van der Waals surface area (Å²) in [6.07, 6.45) is 6.55. The molecule has 0 aromatic rings. The van der Waals surface area contributed by atoms with E-state index in [1.165, 1.54) is 18.4 Å². The maximum absolute atomic E-state index is 11.0. The quantitative estimate of drug-likeness (QED) is 0.676. The second kappa shape index (κ2) is 5.86. The summed E-state index contributed by atoms with van der Waals surface area (Å²) in [5.41, 5.74) is 1.33. The summed E-state index contributed by atoms with van der Waals surface area (Å²) in [6, 6.07) is -0.167. The summed E-state index contributed by atoms with van der Waals surface area (Å²) in [7, 11) is 0. The fourth-order valence-corrected chi connectivity index (χ4v) is 1.45. The summed E-state index contributed by atoms with van der Waals surface area (Å²) < 4.78 is 0. The van der Waals surface area contributed by atoms with E-state index in [2.05, 4.69) is 10.6 Å². The van der Waals surface area contributed by atoms with Crippen molar-refractivity contribution in [2.24, 2.45) is 0 Å². The van der Waals surface area contributed by atoms with Gasteiger partial charge in [-0.2, -0.15) is 0 Å². The number of carbonyl (C=O) groups excluding carboxylic acids is 1. The number of halogens is 1. The van der Waals surface area contributed by atoms with Gasteiger partial charge in [0.1, 0.15) is 0 Å². The lowest BCUT2D eigenvalue weighted by atomic mass is 10.2. The molecule has 0 radical (unpaired) electrons. The van der Waals surface area contributed by atoms with Crippen molar-refractivity contribution < 1.29 is 4.79 Å². The second-order valence-corrected chi connectivity index (χ2v) is 3.48. The predicted octanol–water partition coefficient (Wildman–Crippen LogP) is 1.98. The van der Waals surface area contributed by atoms with E-state index in [1.54, 1.807) is 0 Å². The average Bonchev–Trinajstić information content (AvgIpc) is 2.64. The van der Waals surface area contributed by atoms with E-state index in [0.29, 0.717) is 12.4 Å². The molecule has 4 heteroatoms. The van der Waals surface area contributed by atoms with Gasteiger partial charge in [-0.15, -0.1) is 11.6 Å². The Kier molecular flexibility index (Phi) is 4.68. The molecule has 0 spiro atoms. The van der Waals surface area contributed by atoms with Crippen LogP contribution in [0.3, 0.4) is 0 Å².